The lowest BCUT2D eigenvalue weighted by atomic mass is 9.98. The summed E-state index contributed by atoms with van der Waals surface area (Å²) in [5.41, 5.74) is 0. The minimum atomic E-state index is -1.31. The number of unbranched alkanes of at least 4 members (excludes halogenated alkanes) is 18. The second kappa shape index (κ2) is 46.1. The fraction of sp³-hybridized carbons (Fsp3) is 0.727. The lowest BCUT2D eigenvalue weighted by molar-refractivity contribution is 0.429. The van der Waals surface area contributed by atoms with Gasteiger partial charge in [0.25, 0.3) is 28.3 Å². The van der Waals surface area contributed by atoms with Crippen molar-refractivity contribution in [3.63, 3.8) is 0 Å². The predicted molar refractivity (Wildman–Crippen MR) is 328 cm³/mol. The number of hydrogen-bond donors (Lipinski definition) is 0. The van der Waals surface area contributed by atoms with E-state index in [2.05, 4.69) is 119 Å². The quantitative estimate of drug-likeness (QED) is 0.0445. The van der Waals surface area contributed by atoms with Gasteiger partial charge in [-0.2, -0.15) is 0 Å². The van der Waals surface area contributed by atoms with Crippen LogP contribution in [0.25, 0.3) is 0 Å². The Morgan fingerprint density at radius 3 is 0.857 bits per heavy atom. The van der Waals surface area contributed by atoms with E-state index >= 15 is 0 Å². The first-order valence-corrected chi connectivity index (χ1v) is 39.4. The molecule has 3 saturated carbocycles. The highest BCUT2D eigenvalue weighted by atomic mass is 27.2. The molecule has 70 heavy (non-hydrogen) atoms. The first-order valence-electron chi connectivity index (χ1n) is 31.8. The van der Waals surface area contributed by atoms with Crippen LogP contribution >= 0.6 is 0 Å². The topological polar surface area (TPSA) is 0 Å². The Morgan fingerprint density at radius 2 is 0.586 bits per heavy atom. The summed E-state index contributed by atoms with van der Waals surface area (Å²) in [6, 6.07) is 32.7. The molecule has 0 heterocycles. The van der Waals surface area contributed by atoms with E-state index in [1.54, 1.807) is 131 Å². The molecule has 4 heteroatoms. The smallest absolute Gasteiger partial charge is 0.101 e. The molecule has 3 aromatic carbocycles. The van der Waals surface area contributed by atoms with Gasteiger partial charge in [0.15, 0.2) is 0 Å². The Kier molecular flexibility index (Phi) is 42.2. The van der Waals surface area contributed by atoms with Gasteiger partial charge in [-0.3, -0.25) is 0 Å². The van der Waals surface area contributed by atoms with E-state index < -0.39 is 42.4 Å². The fourth-order valence-corrected chi connectivity index (χ4v) is 25.9. The molecule has 0 unspecified atom stereocenters. The summed E-state index contributed by atoms with van der Waals surface area (Å²) in [7, 11) is 0. The van der Waals surface area contributed by atoms with Crippen LogP contribution in [0.4, 0.5) is 0 Å². The fourth-order valence-electron chi connectivity index (χ4n) is 13.0. The predicted octanol–water partition coefficient (Wildman–Crippen LogP) is 19.9. The van der Waals surface area contributed by atoms with E-state index in [9.17, 15) is 0 Å². The van der Waals surface area contributed by atoms with Crippen LogP contribution in [-0.2, 0) is 0 Å². The van der Waals surface area contributed by atoms with Gasteiger partial charge in [0.05, 0.1) is 0 Å². The Morgan fingerprint density at radius 1 is 0.329 bits per heavy atom. The van der Waals surface area contributed by atoms with Crippen LogP contribution in [0.5, 0.6) is 0 Å². The van der Waals surface area contributed by atoms with Crippen molar-refractivity contribution in [2.45, 2.75) is 301 Å². The Hall–Kier alpha value is -0.210. The maximum atomic E-state index is 2.32. The lowest BCUT2D eigenvalue weighted by Gasteiger charge is -2.40. The minimum Gasteiger partial charge on any atom is -0.101 e. The van der Waals surface area contributed by atoms with E-state index in [0.717, 1.165) is 0 Å². The molecular weight excluding hydrogens is 901 g/mol. The molecule has 0 aliphatic heterocycles. The molecule has 0 aromatic heterocycles. The summed E-state index contributed by atoms with van der Waals surface area (Å²) in [4.78, 5) is 0. The second-order valence-electron chi connectivity index (χ2n) is 23.0. The van der Waals surface area contributed by atoms with Crippen LogP contribution < -0.4 is 13.3 Å². The average Bonchev–Trinajstić information content (AvgIpc) is 3.42. The van der Waals surface area contributed by atoms with Crippen molar-refractivity contribution in [1.82, 2.24) is 0 Å². The van der Waals surface area contributed by atoms with E-state index in [1.165, 1.54) is 171 Å². The van der Waals surface area contributed by atoms with Gasteiger partial charge in [-0.15, -0.1) is 5.28 Å². The third-order valence-corrected chi connectivity index (χ3v) is 29.9. The lowest BCUT2D eigenvalue weighted by Crippen LogP contribution is -2.51. The SMILES string of the molecule is C1CC[CH]([Al]([CH]2CCCCC2)[CH]2CCCCC2)CC1.CCCCCCC[CH2][Al]([CH2]CCCCCCC)[CH2]CCCCCCC.CCCCC[CH2][AlH2].c1cc[c]([Al]([c]2ccccc2)[c]2ccccc2)cc1. The van der Waals surface area contributed by atoms with Gasteiger partial charge >= 0.3 is 14.1 Å². The Labute approximate surface area is 459 Å². The van der Waals surface area contributed by atoms with E-state index in [-0.39, 0.29) is 0 Å². The molecule has 0 spiro atoms. The number of hydrogen-bond acceptors (Lipinski definition) is 0. The van der Waals surface area contributed by atoms with Gasteiger partial charge in [0, 0.05) is 0 Å². The van der Waals surface area contributed by atoms with Crippen molar-refractivity contribution >= 4 is 72.0 Å². The normalized spacial score (nSPS) is 15.4. The summed E-state index contributed by atoms with van der Waals surface area (Å²) in [6.07, 6.45) is 56.5. The highest BCUT2D eigenvalue weighted by Crippen LogP contribution is 2.49. The molecule has 0 atom stereocenters. The molecule has 3 aliphatic carbocycles. The Bertz CT molecular complexity index is 1320. The highest BCUT2D eigenvalue weighted by molar-refractivity contribution is 6.95. The maximum Gasteiger partial charge on any atom is 0.383 e. The minimum absolute atomic E-state index is 0.410. The molecular formula is C66H114Al4. The third kappa shape index (κ3) is 30.4. The zero-order chi connectivity index (χ0) is 49.8. The molecule has 0 bridgehead atoms. The van der Waals surface area contributed by atoms with Crippen LogP contribution in [0.1, 0.15) is 265 Å². The molecule has 3 fully saturated rings. The summed E-state index contributed by atoms with van der Waals surface area (Å²) < 4.78 is 8.21. The molecule has 3 aromatic rings. The molecule has 3 aliphatic rings. The van der Waals surface area contributed by atoms with Crippen LogP contribution in [-0.4, -0.2) is 58.7 Å². The molecule has 6 rings (SSSR count). The van der Waals surface area contributed by atoms with E-state index in [4.69, 9.17) is 0 Å². The van der Waals surface area contributed by atoms with Gasteiger partial charge in [-0.05, 0) is 0 Å². The van der Waals surface area contributed by atoms with Gasteiger partial charge in [-0.25, -0.2) is 0 Å². The molecule has 0 nitrogen and oxygen atoms in total. The van der Waals surface area contributed by atoms with Crippen molar-refractivity contribution in [1.29, 1.82) is 0 Å². The highest BCUT2D eigenvalue weighted by Gasteiger charge is 2.42. The van der Waals surface area contributed by atoms with Crippen molar-refractivity contribution < 1.29 is 0 Å². The third-order valence-electron chi connectivity index (χ3n) is 17.1. The maximum absolute atomic E-state index is 2.32. The molecule has 0 saturated heterocycles. The van der Waals surface area contributed by atoms with Gasteiger partial charge < -0.3 is 0 Å². The molecule has 390 valence electrons. The van der Waals surface area contributed by atoms with Gasteiger partial charge in [0.1, 0.15) is 0 Å². The van der Waals surface area contributed by atoms with Gasteiger partial charge in [-0.1, -0.05) is 400 Å². The first kappa shape index (κ1) is 64.1. The number of benzene rings is 3. The van der Waals surface area contributed by atoms with Gasteiger partial charge in [0.2, 0.25) is 16.3 Å². The van der Waals surface area contributed by atoms with E-state index in [0.29, 0.717) is 0 Å². The van der Waals surface area contributed by atoms with Crippen molar-refractivity contribution in [3.05, 3.63) is 91.0 Å². The standard InChI is InChI=1S/3C8H17.3C6H11.3C6H5.C6H13.4Al.2H/c3*1-3-5-7-8-6-4-2;6*1-2-4-6-5-3-1;1-3-5-6-4-2;;;;;;/h3*1,3-8H2,2H3;3*1H,2-6H2;3*1-5H;1,3-6H2,2H3;;;;;;. The number of rotatable bonds is 31. The zero-order valence-corrected chi connectivity index (χ0v) is 53.1. The second-order valence-corrected chi connectivity index (χ2v) is 34.3. The molecule has 0 N–H and O–H groups in total. The largest absolute Gasteiger partial charge is 0.383 e. The van der Waals surface area contributed by atoms with Crippen molar-refractivity contribution in [3.8, 4) is 0 Å². The monoisotopic (exact) mass is 1010 g/mol. The zero-order valence-electron chi connectivity index (χ0n) is 47.6. The van der Waals surface area contributed by atoms with E-state index in [1.807, 2.05) is 0 Å². The first-order chi connectivity index (χ1) is 34.7. The average molecular weight is 1020 g/mol. The van der Waals surface area contributed by atoms with Crippen molar-refractivity contribution in [2.24, 2.45) is 0 Å². The summed E-state index contributed by atoms with van der Waals surface area (Å²) >= 11 is -0.791. The molecule has 0 amide bonds. The van der Waals surface area contributed by atoms with Crippen molar-refractivity contribution in [2.75, 3.05) is 0 Å². The van der Waals surface area contributed by atoms with Crippen LogP contribution in [0.15, 0.2) is 91.0 Å². The van der Waals surface area contributed by atoms with Crippen LogP contribution in [0.3, 0.4) is 0 Å². The molecule has 0 radical (unpaired) electrons. The van der Waals surface area contributed by atoms with Crippen LogP contribution in [0, 0.1) is 0 Å². The summed E-state index contributed by atoms with van der Waals surface area (Å²) in [6.45, 7) is 9.23. The van der Waals surface area contributed by atoms with Crippen LogP contribution in [0.2, 0.25) is 35.5 Å². The Balaban J connectivity index is 0.000000261. The summed E-state index contributed by atoms with van der Waals surface area (Å²) in [5.74, 6) is 0. The summed E-state index contributed by atoms with van der Waals surface area (Å²) in [5, 5.41) is 6.49.